The first-order valence-electron chi connectivity index (χ1n) is 6.90. The molecule has 0 spiro atoms. The predicted molar refractivity (Wildman–Crippen MR) is 76.6 cm³/mol. The van der Waals surface area contributed by atoms with Crippen molar-refractivity contribution in [3.8, 4) is 0 Å². The van der Waals surface area contributed by atoms with E-state index in [1.165, 1.54) is 25.7 Å². The number of aromatic nitrogens is 1. The van der Waals surface area contributed by atoms with Crippen molar-refractivity contribution in [3.63, 3.8) is 0 Å². The number of nitrogens with zero attached hydrogens (tertiary/aromatic N) is 2. The molecule has 1 heterocycles. The number of hydrogen-bond acceptors (Lipinski definition) is 3. The van der Waals surface area contributed by atoms with Crippen LogP contribution in [0.5, 0.6) is 0 Å². The van der Waals surface area contributed by atoms with Crippen LogP contribution in [0, 0.1) is 5.41 Å². The second-order valence-corrected chi connectivity index (χ2v) is 6.23. The number of pyridine rings is 1. The van der Waals surface area contributed by atoms with E-state index in [2.05, 4.69) is 36.8 Å². The lowest BCUT2D eigenvalue weighted by atomic mass is 9.75. The van der Waals surface area contributed by atoms with E-state index in [4.69, 9.17) is 5.73 Å². The van der Waals surface area contributed by atoms with Gasteiger partial charge in [-0.05, 0) is 48.8 Å². The van der Waals surface area contributed by atoms with Crippen LogP contribution in [0.15, 0.2) is 18.3 Å². The molecule has 1 aromatic heterocycles. The molecule has 3 heteroatoms. The van der Waals surface area contributed by atoms with Gasteiger partial charge in [-0.2, -0.15) is 0 Å². The van der Waals surface area contributed by atoms with Gasteiger partial charge in [0.25, 0.3) is 0 Å². The van der Waals surface area contributed by atoms with Crippen LogP contribution in [0.2, 0.25) is 0 Å². The maximum atomic E-state index is 5.69. The van der Waals surface area contributed by atoms with Crippen LogP contribution in [0.1, 0.15) is 45.1 Å². The third kappa shape index (κ3) is 3.02. The molecule has 2 rings (SSSR count). The van der Waals surface area contributed by atoms with Gasteiger partial charge < -0.3 is 10.6 Å². The summed E-state index contributed by atoms with van der Waals surface area (Å²) in [5, 5.41) is 0. The fraction of sp³-hybridized carbons (Fsp3) is 0.667. The third-order valence-electron chi connectivity index (χ3n) is 4.26. The number of hydrogen-bond donors (Lipinski definition) is 1. The Morgan fingerprint density at radius 3 is 2.67 bits per heavy atom. The van der Waals surface area contributed by atoms with Crippen LogP contribution in [-0.4, -0.2) is 18.1 Å². The van der Waals surface area contributed by atoms with Gasteiger partial charge in [0.2, 0.25) is 0 Å². The molecule has 0 amide bonds. The Hall–Kier alpha value is -1.09. The van der Waals surface area contributed by atoms with Gasteiger partial charge in [-0.3, -0.25) is 0 Å². The highest BCUT2D eigenvalue weighted by Gasteiger charge is 2.29. The summed E-state index contributed by atoms with van der Waals surface area (Å²) in [6.07, 6.45) is 6.99. The maximum absolute atomic E-state index is 5.69. The molecule has 2 N–H and O–H groups in total. The molecule has 18 heavy (non-hydrogen) atoms. The Morgan fingerprint density at radius 1 is 1.39 bits per heavy atom. The molecule has 0 radical (unpaired) electrons. The normalized spacial score (nSPS) is 19.8. The number of nitrogens with two attached hydrogens (primary N) is 1. The molecule has 0 atom stereocenters. The van der Waals surface area contributed by atoms with Crippen LogP contribution in [0.3, 0.4) is 0 Å². The molecule has 0 aliphatic heterocycles. The molecule has 0 saturated heterocycles. The molecule has 1 saturated carbocycles. The predicted octanol–water partition coefficient (Wildman–Crippen LogP) is 2.95. The molecule has 100 valence electrons. The van der Waals surface area contributed by atoms with E-state index in [0.29, 0.717) is 18.0 Å². The smallest absolute Gasteiger partial charge is 0.128 e. The lowest BCUT2D eigenvalue weighted by molar-refractivity contribution is 0.222. The average molecular weight is 247 g/mol. The maximum Gasteiger partial charge on any atom is 0.128 e. The van der Waals surface area contributed by atoms with Crippen molar-refractivity contribution in [2.45, 2.75) is 52.1 Å². The van der Waals surface area contributed by atoms with E-state index in [1.54, 1.807) is 0 Å². The van der Waals surface area contributed by atoms with Gasteiger partial charge in [0.05, 0.1) is 0 Å². The third-order valence-corrected chi connectivity index (χ3v) is 4.26. The van der Waals surface area contributed by atoms with E-state index in [1.807, 2.05) is 12.3 Å². The number of rotatable bonds is 3. The van der Waals surface area contributed by atoms with Crippen LogP contribution in [-0.2, 0) is 6.54 Å². The first-order valence-corrected chi connectivity index (χ1v) is 6.90. The summed E-state index contributed by atoms with van der Waals surface area (Å²) in [4.78, 5) is 6.80. The van der Waals surface area contributed by atoms with Crippen molar-refractivity contribution < 1.29 is 0 Å². The van der Waals surface area contributed by atoms with Crippen molar-refractivity contribution in [3.05, 3.63) is 23.9 Å². The summed E-state index contributed by atoms with van der Waals surface area (Å²) >= 11 is 0. The Morgan fingerprint density at radius 2 is 2.06 bits per heavy atom. The Balaban J connectivity index is 2.05. The van der Waals surface area contributed by atoms with E-state index < -0.39 is 0 Å². The molecular weight excluding hydrogens is 222 g/mol. The fourth-order valence-electron chi connectivity index (χ4n) is 2.74. The number of anilines is 1. The topological polar surface area (TPSA) is 42.1 Å². The van der Waals surface area contributed by atoms with Crippen molar-refractivity contribution in [2.24, 2.45) is 11.1 Å². The molecule has 1 aliphatic rings. The van der Waals surface area contributed by atoms with Gasteiger partial charge >= 0.3 is 0 Å². The summed E-state index contributed by atoms with van der Waals surface area (Å²) in [5.41, 5.74) is 7.36. The highest BCUT2D eigenvalue weighted by molar-refractivity contribution is 5.41. The van der Waals surface area contributed by atoms with Crippen molar-refractivity contribution in [2.75, 3.05) is 11.9 Å². The second kappa shape index (κ2) is 5.27. The second-order valence-electron chi connectivity index (χ2n) is 6.23. The summed E-state index contributed by atoms with van der Waals surface area (Å²) in [6, 6.07) is 4.72. The molecule has 0 bridgehead atoms. The zero-order chi connectivity index (χ0) is 13.2. The van der Waals surface area contributed by atoms with Crippen LogP contribution < -0.4 is 10.6 Å². The van der Waals surface area contributed by atoms with E-state index in [0.717, 1.165) is 11.4 Å². The molecule has 1 aliphatic carbocycles. The van der Waals surface area contributed by atoms with Gasteiger partial charge in [0, 0.05) is 25.8 Å². The quantitative estimate of drug-likeness (QED) is 0.893. The highest BCUT2D eigenvalue weighted by Crippen LogP contribution is 2.37. The van der Waals surface area contributed by atoms with Crippen LogP contribution in [0.25, 0.3) is 0 Å². The fourth-order valence-corrected chi connectivity index (χ4v) is 2.74. The van der Waals surface area contributed by atoms with Crippen molar-refractivity contribution >= 4 is 5.82 Å². The first-order chi connectivity index (χ1) is 8.52. The zero-order valence-corrected chi connectivity index (χ0v) is 11.8. The highest BCUT2D eigenvalue weighted by atomic mass is 15.2. The minimum Gasteiger partial charge on any atom is -0.357 e. The van der Waals surface area contributed by atoms with Gasteiger partial charge in [-0.1, -0.05) is 13.8 Å². The first kappa shape index (κ1) is 13.3. The lowest BCUT2D eigenvalue weighted by Crippen LogP contribution is -2.37. The minimum atomic E-state index is 0.518. The Kier molecular flexibility index (Phi) is 3.91. The standard InChI is InChI=1S/C15H25N3/c1-15(2)7-4-13(5-8-15)18(3)14-10-12(11-16)6-9-17-14/h6,9-10,13H,4-5,7-8,11,16H2,1-3H3. The summed E-state index contributed by atoms with van der Waals surface area (Å²) in [7, 11) is 2.16. The molecule has 0 aromatic carbocycles. The molecule has 1 aromatic rings. The average Bonchev–Trinajstić information content (AvgIpc) is 2.38. The van der Waals surface area contributed by atoms with E-state index in [-0.39, 0.29) is 0 Å². The lowest BCUT2D eigenvalue weighted by Gasteiger charge is -2.39. The summed E-state index contributed by atoms with van der Waals surface area (Å²) in [5.74, 6) is 1.06. The zero-order valence-electron chi connectivity index (χ0n) is 11.8. The Labute approximate surface area is 110 Å². The molecular formula is C15H25N3. The van der Waals surface area contributed by atoms with Crippen molar-refractivity contribution in [1.29, 1.82) is 0 Å². The summed E-state index contributed by atoms with van der Waals surface area (Å²) < 4.78 is 0. The SMILES string of the molecule is CN(c1cc(CN)ccn1)C1CCC(C)(C)CC1. The van der Waals surface area contributed by atoms with Crippen LogP contribution in [0.4, 0.5) is 5.82 Å². The van der Waals surface area contributed by atoms with Gasteiger partial charge in [-0.15, -0.1) is 0 Å². The van der Waals surface area contributed by atoms with E-state index in [9.17, 15) is 0 Å². The van der Waals surface area contributed by atoms with E-state index >= 15 is 0 Å². The molecule has 0 unspecified atom stereocenters. The van der Waals surface area contributed by atoms with Gasteiger partial charge in [0.15, 0.2) is 0 Å². The van der Waals surface area contributed by atoms with Gasteiger partial charge in [-0.25, -0.2) is 4.98 Å². The largest absolute Gasteiger partial charge is 0.357 e. The van der Waals surface area contributed by atoms with Gasteiger partial charge in [0.1, 0.15) is 5.82 Å². The molecule has 1 fully saturated rings. The van der Waals surface area contributed by atoms with Crippen molar-refractivity contribution in [1.82, 2.24) is 4.98 Å². The Bertz CT molecular complexity index is 390. The summed E-state index contributed by atoms with van der Waals surface area (Å²) in [6.45, 7) is 5.33. The monoisotopic (exact) mass is 247 g/mol. The molecule has 3 nitrogen and oxygen atoms in total. The van der Waals surface area contributed by atoms with Crippen LogP contribution >= 0.6 is 0 Å². The minimum absolute atomic E-state index is 0.518.